The van der Waals surface area contributed by atoms with Gasteiger partial charge in [0, 0.05) is 0 Å². The summed E-state index contributed by atoms with van der Waals surface area (Å²) in [5, 5.41) is 0. The molecular formula is C20H18N2O3. The van der Waals surface area contributed by atoms with Crippen molar-refractivity contribution in [3.63, 3.8) is 0 Å². The highest BCUT2D eigenvalue weighted by Crippen LogP contribution is 2.20. The van der Waals surface area contributed by atoms with Crippen LogP contribution in [0.3, 0.4) is 0 Å². The van der Waals surface area contributed by atoms with E-state index < -0.39 is 18.0 Å². The molecule has 1 heterocycles. The fourth-order valence-electron chi connectivity index (χ4n) is 2.95. The molecule has 0 bridgehead atoms. The Labute approximate surface area is 146 Å². The second kappa shape index (κ2) is 7.63. The fourth-order valence-corrected chi connectivity index (χ4v) is 2.95. The van der Waals surface area contributed by atoms with Crippen molar-refractivity contribution in [3.8, 4) is 0 Å². The Morgan fingerprint density at radius 3 is 2.32 bits per heavy atom. The molecule has 2 aromatic rings. The van der Waals surface area contributed by atoms with Crippen molar-refractivity contribution >= 4 is 12.0 Å². The lowest BCUT2D eigenvalue weighted by Crippen LogP contribution is -2.45. The van der Waals surface area contributed by atoms with E-state index >= 15 is 0 Å². The van der Waals surface area contributed by atoms with Crippen LogP contribution in [0.5, 0.6) is 0 Å². The summed E-state index contributed by atoms with van der Waals surface area (Å²) in [7, 11) is 0. The first-order valence-corrected chi connectivity index (χ1v) is 8.13. The highest BCUT2D eigenvalue weighted by Gasteiger charge is 2.43. The maximum atomic E-state index is 12.8. The number of ether oxygens (including phenoxy) is 1. The van der Waals surface area contributed by atoms with Gasteiger partial charge < -0.3 is 9.58 Å². The summed E-state index contributed by atoms with van der Waals surface area (Å²) in [6, 6.07) is 17.7. The Morgan fingerprint density at radius 2 is 1.72 bits per heavy atom. The third-order valence-corrected chi connectivity index (χ3v) is 4.23. The predicted molar refractivity (Wildman–Crippen MR) is 92.7 cm³/mol. The van der Waals surface area contributed by atoms with Gasteiger partial charge in [0.05, 0.1) is 12.5 Å². The van der Waals surface area contributed by atoms with E-state index in [1.165, 1.54) is 0 Å². The van der Waals surface area contributed by atoms with Crippen LogP contribution in [0.2, 0.25) is 0 Å². The second-order valence-electron chi connectivity index (χ2n) is 5.96. The Balaban J connectivity index is 1.75. The molecule has 5 heteroatoms. The van der Waals surface area contributed by atoms with Crippen LogP contribution < -0.4 is 0 Å². The van der Waals surface area contributed by atoms with Crippen LogP contribution >= 0.6 is 0 Å². The minimum Gasteiger partial charge on any atom is -0.447 e. The first kappa shape index (κ1) is 16.7. The van der Waals surface area contributed by atoms with Crippen LogP contribution in [0, 0.1) is 6.57 Å². The van der Waals surface area contributed by atoms with Crippen LogP contribution in [0.1, 0.15) is 11.1 Å². The molecule has 1 aliphatic heterocycles. The van der Waals surface area contributed by atoms with E-state index in [1.807, 2.05) is 60.7 Å². The van der Waals surface area contributed by atoms with Gasteiger partial charge in [0.25, 0.3) is 0 Å². The molecule has 0 unspecified atom stereocenters. The largest absolute Gasteiger partial charge is 0.447 e. The van der Waals surface area contributed by atoms with Gasteiger partial charge in [-0.3, -0.25) is 4.79 Å². The zero-order chi connectivity index (χ0) is 17.6. The number of amides is 2. The van der Waals surface area contributed by atoms with Gasteiger partial charge in [-0.2, -0.15) is 0 Å². The molecule has 2 aromatic carbocycles. The predicted octanol–water partition coefficient (Wildman–Crippen LogP) is 3.11. The van der Waals surface area contributed by atoms with E-state index in [1.54, 1.807) is 0 Å². The molecule has 0 aliphatic carbocycles. The number of benzene rings is 2. The Hall–Kier alpha value is -3.13. The summed E-state index contributed by atoms with van der Waals surface area (Å²) < 4.78 is 5.08. The van der Waals surface area contributed by atoms with Crippen molar-refractivity contribution in [1.82, 2.24) is 4.90 Å². The Bertz CT molecular complexity index is 784. The molecule has 126 valence electrons. The van der Waals surface area contributed by atoms with Crippen molar-refractivity contribution in [1.29, 1.82) is 0 Å². The molecule has 0 radical (unpaired) electrons. The van der Waals surface area contributed by atoms with Gasteiger partial charge >= 0.3 is 18.0 Å². The molecule has 0 saturated carbocycles. The lowest BCUT2D eigenvalue weighted by atomic mass is 10.0. The van der Waals surface area contributed by atoms with Crippen LogP contribution in [0.4, 0.5) is 4.79 Å². The zero-order valence-electron chi connectivity index (χ0n) is 13.7. The number of cyclic esters (lactones) is 1. The summed E-state index contributed by atoms with van der Waals surface area (Å²) >= 11 is 0. The normalized spacial score (nSPS) is 17.6. The maximum absolute atomic E-state index is 12.8. The Morgan fingerprint density at radius 1 is 1.12 bits per heavy atom. The highest BCUT2D eigenvalue weighted by molar-refractivity contribution is 5.97. The van der Waals surface area contributed by atoms with Gasteiger partial charge in [-0.1, -0.05) is 60.7 Å². The van der Waals surface area contributed by atoms with Gasteiger partial charge in [0.2, 0.25) is 0 Å². The van der Waals surface area contributed by atoms with Crippen LogP contribution in [-0.4, -0.2) is 35.6 Å². The van der Waals surface area contributed by atoms with E-state index in [-0.39, 0.29) is 19.1 Å². The molecule has 1 fully saturated rings. The smallest absolute Gasteiger partial charge is 0.417 e. The zero-order valence-corrected chi connectivity index (χ0v) is 13.7. The standard InChI is InChI=1S/C20H18N2O3/c1-21-18(13-16-10-6-3-7-11-16)19(23)22-17(14-25-20(22)24)12-15-8-4-2-5-9-15/h2-11,17-18H,12-14H2/t17-,18+/m0/s1. The molecule has 0 spiro atoms. The molecule has 0 aromatic heterocycles. The van der Waals surface area contributed by atoms with Gasteiger partial charge in [0.1, 0.15) is 6.61 Å². The molecule has 5 nitrogen and oxygen atoms in total. The lowest BCUT2D eigenvalue weighted by Gasteiger charge is -2.20. The van der Waals surface area contributed by atoms with Gasteiger partial charge in [0.15, 0.2) is 0 Å². The first-order chi connectivity index (χ1) is 12.2. The van der Waals surface area contributed by atoms with Crippen molar-refractivity contribution in [2.24, 2.45) is 0 Å². The third-order valence-electron chi connectivity index (χ3n) is 4.23. The number of hydrogen-bond donors (Lipinski definition) is 0. The van der Waals surface area contributed by atoms with Gasteiger partial charge in [-0.25, -0.2) is 16.3 Å². The Kier molecular flexibility index (Phi) is 5.10. The minimum absolute atomic E-state index is 0.162. The number of carbonyl (C=O) groups is 2. The number of hydrogen-bond acceptors (Lipinski definition) is 3. The molecule has 2 amide bonds. The first-order valence-electron chi connectivity index (χ1n) is 8.13. The van der Waals surface area contributed by atoms with Crippen LogP contribution in [-0.2, 0) is 22.4 Å². The number of imide groups is 1. The molecule has 2 atom stereocenters. The minimum atomic E-state index is -0.925. The van der Waals surface area contributed by atoms with Crippen molar-refractivity contribution in [2.45, 2.75) is 24.9 Å². The summed E-state index contributed by atoms with van der Waals surface area (Å²) in [6.45, 7) is 7.54. The average Bonchev–Trinajstić information content (AvgIpc) is 3.01. The summed E-state index contributed by atoms with van der Waals surface area (Å²) in [5.74, 6) is -0.484. The second-order valence-corrected chi connectivity index (χ2v) is 5.96. The van der Waals surface area contributed by atoms with E-state index in [9.17, 15) is 9.59 Å². The summed E-state index contributed by atoms with van der Waals surface area (Å²) in [4.78, 5) is 29.5. The van der Waals surface area contributed by atoms with E-state index in [0.29, 0.717) is 6.42 Å². The van der Waals surface area contributed by atoms with E-state index in [2.05, 4.69) is 4.85 Å². The SMILES string of the molecule is [C-]#[N+][C@H](Cc1ccccc1)C(=O)N1C(=O)OC[C@@H]1Cc1ccccc1. The van der Waals surface area contributed by atoms with E-state index in [4.69, 9.17) is 11.3 Å². The molecule has 1 aliphatic rings. The van der Waals surface area contributed by atoms with E-state index in [0.717, 1.165) is 16.0 Å². The fraction of sp³-hybridized carbons (Fsp3) is 0.250. The molecule has 1 saturated heterocycles. The van der Waals surface area contributed by atoms with Gasteiger partial charge in [-0.05, 0) is 17.5 Å². The lowest BCUT2D eigenvalue weighted by molar-refractivity contribution is -0.129. The number of rotatable bonds is 5. The highest BCUT2D eigenvalue weighted by atomic mass is 16.6. The number of nitrogens with zero attached hydrogens (tertiary/aromatic N) is 2. The summed E-state index contributed by atoms with van der Waals surface area (Å²) in [6.07, 6.45) is 0.145. The van der Waals surface area contributed by atoms with Crippen molar-refractivity contribution in [3.05, 3.63) is 83.2 Å². The monoisotopic (exact) mass is 334 g/mol. The van der Waals surface area contributed by atoms with Gasteiger partial charge in [-0.15, -0.1) is 0 Å². The van der Waals surface area contributed by atoms with Crippen LogP contribution in [0.15, 0.2) is 60.7 Å². The molecule has 3 rings (SSSR count). The molecular weight excluding hydrogens is 316 g/mol. The van der Waals surface area contributed by atoms with Crippen molar-refractivity contribution in [2.75, 3.05) is 6.61 Å². The number of carbonyl (C=O) groups excluding carboxylic acids is 2. The quantitative estimate of drug-likeness (QED) is 0.790. The third kappa shape index (κ3) is 3.86. The summed E-state index contributed by atoms with van der Waals surface area (Å²) in [5.41, 5.74) is 1.91. The van der Waals surface area contributed by atoms with Crippen LogP contribution in [0.25, 0.3) is 4.85 Å². The molecule has 25 heavy (non-hydrogen) atoms. The molecule has 0 N–H and O–H groups in total. The average molecular weight is 334 g/mol. The van der Waals surface area contributed by atoms with Crippen molar-refractivity contribution < 1.29 is 14.3 Å². The topological polar surface area (TPSA) is 51.0 Å². The maximum Gasteiger partial charge on any atom is 0.417 e.